The Morgan fingerprint density at radius 1 is 0.854 bits per heavy atom. The number of rotatable bonds is 15. The van der Waals surface area contributed by atoms with E-state index in [2.05, 4.69) is 19.2 Å². The molecule has 1 aromatic heterocycles. The van der Waals surface area contributed by atoms with Gasteiger partial charge in [-0.2, -0.15) is 0 Å². The Labute approximate surface area is 246 Å². The Bertz CT molecular complexity index is 1300. The number of amides is 1. The Kier molecular flexibility index (Phi) is 12.2. The normalized spacial score (nSPS) is 14.5. The highest BCUT2D eigenvalue weighted by molar-refractivity contribution is 6.41. The van der Waals surface area contributed by atoms with Crippen LogP contribution in [-0.4, -0.2) is 30.0 Å². The van der Waals surface area contributed by atoms with Gasteiger partial charge in [-0.15, -0.1) is 0 Å². The minimum absolute atomic E-state index is 0.107. The minimum Gasteiger partial charge on any atom is -0.352 e. The number of benzene rings is 1. The second-order valence-corrected chi connectivity index (χ2v) is 11.2. The van der Waals surface area contributed by atoms with Gasteiger partial charge in [0.15, 0.2) is 0 Å². The van der Waals surface area contributed by atoms with Crippen molar-refractivity contribution < 1.29 is 13.4 Å². The third-order valence-corrected chi connectivity index (χ3v) is 8.50. The monoisotopic (exact) mass is 563 g/mol. The Morgan fingerprint density at radius 2 is 1.44 bits per heavy atom. The Morgan fingerprint density at radius 3 is 1.98 bits per heavy atom. The van der Waals surface area contributed by atoms with Crippen molar-refractivity contribution in [3.63, 3.8) is 0 Å². The highest BCUT2D eigenvalue weighted by atomic mass is 19.2. The molecule has 4 nitrogen and oxygen atoms in total. The summed E-state index contributed by atoms with van der Waals surface area (Å²) in [6.07, 6.45) is 11.2. The van der Waals surface area contributed by atoms with Crippen molar-refractivity contribution in [2.45, 2.75) is 113 Å². The standard InChI is InChI=1S/C34H48BF2N3O/c1-8-11-12-13-14-15-16-17-22-38-34(41)28-20-18-27(19-21-28)31(32-23(4)29(9-2)25(6)39-32)33-24(5)30(10-3)26(7)40(33)35(36)37/h18-21H,8-17,22H2,1-7H3,(H,38,41)/b32-31-. The summed E-state index contributed by atoms with van der Waals surface area (Å²) in [5.41, 5.74) is 8.74. The lowest BCUT2D eigenvalue weighted by Gasteiger charge is -2.17. The summed E-state index contributed by atoms with van der Waals surface area (Å²) in [5, 5.41) is 3.04. The van der Waals surface area contributed by atoms with Gasteiger partial charge in [-0.3, -0.25) is 18.4 Å². The van der Waals surface area contributed by atoms with Crippen LogP contribution in [0.4, 0.5) is 8.63 Å². The van der Waals surface area contributed by atoms with E-state index in [1.165, 1.54) is 38.5 Å². The number of nitrogens with one attached hydrogen (secondary N) is 1. The second kappa shape index (κ2) is 15.3. The molecule has 41 heavy (non-hydrogen) atoms. The van der Waals surface area contributed by atoms with Gasteiger partial charge in [0.1, 0.15) is 0 Å². The predicted octanol–water partition coefficient (Wildman–Crippen LogP) is 9.27. The summed E-state index contributed by atoms with van der Waals surface area (Å²) in [7, 11) is -2.68. The first kappa shape index (κ1) is 32.6. The van der Waals surface area contributed by atoms with Crippen molar-refractivity contribution in [3.05, 3.63) is 74.8 Å². The zero-order valence-corrected chi connectivity index (χ0v) is 26.2. The molecule has 0 unspecified atom stereocenters. The van der Waals surface area contributed by atoms with E-state index >= 15 is 0 Å². The fraction of sp³-hybridized carbons (Fsp3) is 0.529. The number of hydrogen-bond donors (Lipinski definition) is 1. The van der Waals surface area contributed by atoms with E-state index in [9.17, 15) is 13.4 Å². The van der Waals surface area contributed by atoms with Gasteiger partial charge in [0.05, 0.1) is 5.70 Å². The number of aromatic nitrogens is 1. The van der Waals surface area contributed by atoms with Crippen LogP contribution in [0.1, 0.15) is 131 Å². The molecule has 0 saturated heterocycles. The molecular weight excluding hydrogens is 515 g/mol. The maximum absolute atomic E-state index is 14.6. The number of aliphatic imine (C=N–C) groups is 1. The summed E-state index contributed by atoms with van der Waals surface area (Å²) >= 11 is 0. The summed E-state index contributed by atoms with van der Waals surface area (Å²) in [5.74, 6) is -0.107. The van der Waals surface area contributed by atoms with Gasteiger partial charge in [-0.25, -0.2) is 0 Å². The van der Waals surface area contributed by atoms with Crippen molar-refractivity contribution in [3.8, 4) is 0 Å². The van der Waals surface area contributed by atoms with Gasteiger partial charge < -0.3 is 9.79 Å². The molecular formula is C34H48BF2N3O. The Balaban J connectivity index is 1.89. The molecule has 222 valence electrons. The van der Waals surface area contributed by atoms with Crippen LogP contribution < -0.4 is 5.32 Å². The van der Waals surface area contributed by atoms with Gasteiger partial charge in [0.25, 0.3) is 5.91 Å². The molecule has 7 heteroatoms. The highest BCUT2D eigenvalue weighted by Crippen LogP contribution is 2.40. The molecule has 1 aliphatic rings. The van der Waals surface area contributed by atoms with Crippen molar-refractivity contribution in [1.29, 1.82) is 0 Å². The maximum atomic E-state index is 14.6. The van der Waals surface area contributed by atoms with E-state index in [4.69, 9.17) is 4.99 Å². The number of halogens is 2. The number of hydrogen-bond acceptors (Lipinski definition) is 2. The molecule has 2 aromatic rings. The summed E-state index contributed by atoms with van der Waals surface area (Å²) < 4.78 is 30.3. The quantitative estimate of drug-likeness (QED) is 0.170. The SMILES string of the molecule is CCCCCCCCCCNC(=O)c1ccc(/C(=C2/N=C(C)C(CC)=C2C)c2c(C)c(CC)c(C)n2B(F)F)cc1. The van der Waals surface area contributed by atoms with Crippen LogP contribution in [0.25, 0.3) is 5.57 Å². The van der Waals surface area contributed by atoms with Crippen molar-refractivity contribution in [1.82, 2.24) is 9.79 Å². The van der Waals surface area contributed by atoms with E-state index in [-0.39, 0.29) is 5.91 Å². The fourth-order valence-electron chi connectivity index (χ4n) is 6.22. The molecule has 1 aromatic carbocycles. The number of carbonyl (C=O) groups is 1. The molecule has 1 amide bonds. The molecule has 0 fully saturated rings. The zero-order valence-electron chi connectivity index (χ0n) is 26.2. The van der Waals surface area contributed by atoms with E-state index in [0.29, 0.717) is 35.5 Å². The zero-order chi connectivity index (χ0) is 30.1. The average Bonchev–Trinajstić information content (AvgIpc) is 3.38. The van der Waals surface area contributed by atoms with Gasteiger partial charge in [0.2, 0.25) is 0 Å². The van der Waals surface area contributed by atoms with Crippen LogP contribution in [0.5, 0.6) is 0 Å². The summed E-state index contributed by atoms with van der Waals surface area (Å²) in [4.78, 5) is 17.8. The lowest BCUT2D eigenvalue weighted by Crippen LogP contribution is -2.24. The van der Waals surface area contributed by atoms with Gasteiger partial charge in [-0.1, -0.05) is 77.8 Å². The molecule has 0 saturated carbocycles. The molecule has 1 N–H and O–H groups in total. The van der Waals surface area contributed by atoms with Crippen molar-refractivity contribution >= 4 is 24.6 Å². The maximum Gasteiger partial charge on any atom is 0.677 e. The first-order valence-electron chi connectivity index (χ1n) is 15.5. The smallest absolute Gasteiger partial charge is 0.352 e. The van der Waals surface area contributed by atoms with E-state index in [0.717, 1.165) is 63.0 Å². The number of allylic oxidation sites excluding steroid dienone is 2. The second-order valence-electron chi connectivity index (χ2n) is 11.2. The Hall–Kier alpha value is -2.96. The molecule has 0 bridgehead atoms. The highest BCUT2D eigenvalue weighted by Gasteiger charge is 2.32. The van der Waals surface area contributed by atoms with Crippen LogP contribution in [0.3, 0.4) is 0 Å². The summed E-state index contributed by atoms with van der Waals surface area (Å²) in [6, 6.07) is 7.34. The number of nitrogens with zero attached hydrogens (tertiary/aromatic N) is 2. The van der Waals surface area contributed by atoms with E-state index in [1.54, 1.807) is 19.1 Å². The lowest BCUT2D eigenvalue weighted by molar-refractivity contribution is 0.0953. The third-order valence-electron chi connectivity index (χ3n) is 8.50. The molecule has 1 aliphatic heterocycles. The molecule has 0 atom stereocenters. The van der Waals surface area contributed by atoms with Gasteiger partial charge in [0, 0.05) is 34.8 Å². The molecule has 0 spiro atoms. The summed E-state index contributed by atoms with van der Waals surface area (Å²) in [6.45, 7) is 14.7. The minimum atomic E-state index is -2.68. The molecule has 0 aliphatic carbocycles. The number of carbonyl (C=O) groups excluding carboxylic acids is 1. The van der Waals surface area contributed by atoms with Crippen LogP contribution in [0.2, 0.25) is 0 Å². The van der Waals surface area contributed by atoms with Crippen molar-refractivity contribution in [2.24, 2.45) is 4.99 Å². The lowest BCUT2D eigenvalue weighted by atomic mass is 9.92. The first-order chi connectivity index (χ1) is 19.7. The average molecular weight is 564 g/mol. The van der Waals surface area contributed by atoms with E-state index in [1.807, 2.05) is 39.8 Å². The van der Waals surface area contributed by atoms with Gasteiger partial charge in [-0.05, 0) is 86.9 Å². The topological polar surface area (TPSA) is 46.4 Å². The van der Waals surface area contributed by atoms with Crippen LogP contribution in [0.15, 0.2) is 46.1 Å². The molecule has 2 heterocycles. The molecule has 0 radical (unpaired) electrons. The van der Waals surface area contributed by atoms with Gasteiger partial charge >= 0.3 is 7.40 Å². The third kappa shape index (κ3) is 7.47. The fourth-order valence-corrected chi connectivity index (χ4v) is 6.22. The largest absolute Gasteiger partial charge is 0.677 e. The van der Waals surface area contributed by atoms with Crippen molar-refractivity contribution in [2.75, 3.05) is 6.54 Å². The number of unbranched alkanes of at least 4 members (excludes halogenated alkanes) is 7. The van der Waals surface area contributed by atoms with Crippen LogP contribution in [-0.2, 0) is 6.42 Å². The van der Waals surface area contributed by atoms with Crippen LogP contribution in [0, 0.1) is 13.8 Å². The van der Waals surface area contributed by atoms with Crippen LogP contribution >= 0.6 is 0 Å². The first-order valence-corrected chi connectivity index (χ1v) is 15.5. The molecule has 3 rings (SSSR count). The van der Waals surface area contributed by atoms with E-state index < -0.39 is 7.40 Å². The predicted molar refractivity (Wildman–Crippen MR) is 170 cm³/mol.